The Bertz CT molecular complexity index is 3280. The fourth-order valence-electron chi connectivity index (χ4n) is 9.32. The van der Waals surface area contributed by atoms with Crippen molar-refractivity contribution in [2.75, 3.05) is 4.90 Å². The summed E-state index contributed by atoms with van der Waals surface area (Å²) in [7, 11) is 0. The summed E-state index contributed by atoms with van der Waals surface area (Å²) in [5.41, 5.74) is 17.6. The number of anilines is 3. The van der Waals surface area contributed by atoms with Gasteiger partial charge in [-0.15, -0.1) is 0 Å². The van der Waals surface area contributed by atoms with E-state index < -0.39 is 0 Å². The molecular formula is C62H43N. The maximum absolute atomic E-state index is 2.41. The molecule has 0 aromatic heterocycles. The molecule has 63 heavy (non-hydrogen) atoms. The molecule has 0 unspecified atom stereocenters. The van der Waals surface area contributed by atoms with Gasteiger partial charge in [-0.2, -0.15) is 0 Å². The maximum atomic E-state index is 2.41. The van der Waals surface area contributed by atoms with Crippen LogP contribution in [0.5, 0.6) is 0 Å². The number of hydrogen-bond acceptors (Lipinski definition) is 1. The lowest BCUT2D eigenvalue weighted by molar-refractivity contribution is 1.28. The van der Waals surface area contributed by atoms with E-state index >= 15 is 0 Å². The molecule has 0 saturated heterocycles. The topological polar surface area (TPSA) is 3.24 Å². The van der Waals surface area contributed by atoms with Crippen molar-refractivity contribution < 1.29 is 0 Å². The minimum atomic E-state index is 1.08. The van der Waals surface area contributed by atoms with Gasteiger partial charge in [0.15, 0.2) is 0 Å². The zero-order valence-electron chi connectivity index (χ0n) is 34.8. The molecule has 0 saturated carbocycles. The van der Waals surface area contributed by atoms with Crippen molar-refractivity contribution in [2.45, 2.75) is 0 Å². The molecule has 0 fully saturated rings. The Kier molecular flexibility index (Phi) is 9.97. The maximum Gasteiger partial charge on any atom is 0.0473 e. The highest BCUT2D eigenvalue weighted by molar-refractivity contribution is 6.25. The molecule has 0 atom stereocenters. The summed E-state index contributed by atoms with van der Waals surface area (Å²) in [5.74, 6) is 0. The molecule has 1 nitrogen and oxygen atoms in total. The highest BCUT2D eigenvalue weighted by Gasteiger charge is 2.21. The van der Waals surface area contributed by atoms with Crippen molar-refractivity contribution in [2.24, 2.45) is 0 Å². The van der Waals surface area contributed by atoms with Crippen LogP contribution in [0.2, 0.25) is 0 Å². The van der Waals surface area contributed by atoms with Gasteiger partial charge in [0.25, 0.3) is 0 Å². The van der Waals surface area contributed by atoms with E-state index in [9.17, 15) is 0 Å². The lowest BCUT2D eigenvalue weighted by Gasteiger charge is -2.28. The summed E-state index contributed by atoms with van der Waals surface area (Å²) >= 11 is 0. The summed E-state index contributed by atoms with van der Waals surface area (Å²) in [4.78, 5) is 2.41. The Morgan fingerprint density at radius 3 is 1.17 bits per heavy atom. The van der Waals surface area contributed by atoms with Gasteiger partial charge >= 0.3 is 0 Å². The van der Waals surface area contributed by atoms with Crippen LogP contribution in [0.4, 0.5) is 17.1 Å². The smallest absolute Gasteiger partial charge is 0.0473 e. The fourth-order valence-corrected chi connectivity index (χ4v) is 9.32. The van der Waals surface area contributed by atoms with Crippen LogP contribution < -0.4 is 4.90 Å². The molecule has 0 heterocycles. The Morgan fingerprint density at radius 1 is 0.206 bits per heavy atom. The minimum Gasteiger partial charge on any atom is -0.310 e. The third-order valence-electron chi connectivity index (χ3n) is 12.2. The van der Waals surface area contributed by atoms with Crippen molar-refractivity contribution in [3.05, 3.63) is 261 Å². The summed E-state index contributed by atoms with van der Waals surface area (Å²) in [6.45, 7) is 0. The zero-order valence-corrected chi connectivity index (χ0v) is 34.8. The van der Waals surface area contributed by atoms with Gasteiger partial charge in [-0.3, -0.25) is 0 Å². The van der Waals surface area contributed by atoms with Crippen LogP contribution in [-0.2, 0) is 0 Å². The van der Waals surface area contributed by atoms with E-state index in [1.165, 1.54) is 88.3 Å². The summed E-state index contributed by atoms with van der Waals surface area (Å²) in [6.07, 6.45) is 0. The zero-order chi connectivity index (χ0) is 42.0. The molecule has 0 aliphatic heterocycles. The van der Waals surface area contributed by atoms with Gasteiger partial charge in [-0.05, 0) is 131 Å². The minimum absolute atomic E-state index is 1.08. The van der Waals surface area contributed by atoms with Crippen molar-refractivity contribution in [3.63, 3.8) is 0 Å². The molecule has 0 amide bonds. The number of nitrogens with zero attached hydrogens (tertiary/aromatic N) is 1. The van der Waals surface area contributed by atoms with E-state index in [-0.39, 0.29) is 0 Å². The molecule has 0 bridgehead atoms. The van der Waals surface area contributed by atoms with E-state index in [1.807, 2.05) is 0 Å². The van der Waals surface area contributed by atoms with Gasteiger partial charge in [0.2, 0.25) is 0 Å². The van der Waals surface area contributed by atoms with Gasteiger partial charge < -0.3 is 4.90 Å². The second-order valence-electron chi connectivity index (χ2n) is 16.1. The SMILES string of the molecule is c1ccc(-c2cccc(N(c3ccc(-c4cccc5c(-c6ccccc6)c(-c6ccccc6)c6ccccc6c45)cc3)c3cc(-c4ccccc4)cc(-c4ccccc4)c3)c2)cc1. The lowest BCUT2D eigenvalue weighted by atomic mass is 9.83. The second-order valence-corrected chi connectivity index (χ2v) is 16.1. The highest BCUT2D eigenvalue weighted by Crippen LogP contribution is 2.48. The third-order valence-corrected chi connectivity index (χ3v) is 12.2. The first-order valence-corrected chi connectivity index (χ1v) is 21.7. The van der Waals surface area contributed by atoms with E-state index in [0.717, 1.165) is 17.1 Å². The van der Waals surface area contributed by atoms with Crippen LogP contribution in [0.15, 0.2) is 261 Å². The van der Waals surface area contributed by atoms with Crippen LogP contribution in [0.25, 0.3) is 88.3 Å². The molecule has 0 aliphatic carbocycles. The van der Waals surface area contributed by atoms with Crippen LogP contribution in [0.3, 0.4) is 0 Å². The van der Waals surface area contributed by atoms with Gasteiger partial charge in [0.05, 0.1) is 0 Å². The van der Waals surface area contributed by atoms with Crippen molar-refractivity contribution in [1.29, 1.82) is 0 Å². The highest BCUT2D eigenvalue weighted by atomic mass is 15.1. The normalized spacial score (nSPS) is 11.2. The first kappa shape index (κ1) is 37.7. The van der Waals surface area contributed by atoms with Crippen molar-refractivity contribution in [1.82, 2.24) is 0 Å². The Hall–Kier alpha value is -8.26. The Labute approximate surface area is 369 Å². The van der Waals surface area contributed by atoms with Crippen LogP contribution >= 0.6 is 0 Å². The average Bonchev–Trinajstić information content (AvgIpc) is 3.37. The molecule has 11 aromatic carbocycles. The summed E-state index contributed by atoms with van der Waals surface area (Å²) in [5, 5.41) is 4.99. The Morgan fingerprint density at radius 2 is 0.619 bits per heavy atom. The molecular weight excluding hydrogens is 759 g/mol. The average molecular weight is 802 g/mol. The Balaban J connectivity index is 1.12. The van der Waals surface area contributed by atoms with Gasteiger partial charge in [-0.1, -0.05) is 218 Å². The standard InChI is InChI=1S/C62H43N/c1-6-20-44(21-7-1)50-30-18-31-54(41-50)63(55-42-51(45-22-8-2-9-23-45)40-52(43-55)46-24-10-3-11-25-46)53-38-36-47(37-39-53)56-34-19-35-59-61(49-28-14-5-15-29-49)60(48-26-12-4-13-27-48)57-32-16-17-33-58(57)62(56)59/h1-43H. The largest absolute Gasteiger partial charge is 0.310 e. The van der Waals surface area contributed by atoms with Gasteiger partial charge in [-0.25, -0.2) is 0 Å². The molecule has 11 rings (SSSR count). The lowest BCUT2D eigenvalue weighted by Crippen LogP contribution is -2.10. The van der Waals surface area contributed by atoms with Crippen LogP contribution in [0.1, 0.15) is 0 Å². The second kappa shape index (κ2) is 16.7. The summed E-state index contributed by atoms with van der Waals surface area (Å²) < 4.78 is 0. The number of fused-ring (bicyclic) bond motifs is 3. The molecule has 11 aromatic rings. The van der Waals surface area contributed by atoms with Crippen LogP contribution in [-0.4, -0.2) is 0 Å². The molecule has 1 heteroatoms. The van der Waals surface area contributed by atoms with Crippen LogP contribution in [0, 0.1) is 0 Å². The number of rotatable bonds is 9. The quantitative estimate of drug-likeness (QED) is 0.131. The van der Waals surface area contributed by atoms with E-state index in [1.54, 1.807) is 0 Å². The molecule has 0 N–H and O–H groups in total. The van der Waals surface area contributed by atoms with Gasteiger partial charge in [0, 0.05) is 17.1 Å². The first-order valence-electron chi connectivity index (χ1n) is 21.7. The van der Waals surface area contributed by atoms with E-state index in [4.69, 9.17) is 0 Å². The van der Waals surface area contributed by atoms with Crippen molar-refractivity contribution >= 4 is 38.6 Å². The fraction of sp³-hybridized carbons (Fsp3) is 0. The van der Waals surface area contributed by atoms with E-state index in [2.05, 4.69) is 266 Å². The van der Waals surface area contributed by atoms with Gasteiger partial charge in [0.1, 0.15) is 0 Å². The monoisotopic (exact) mass is 801 g/mol. The number of benzene rings is 11. The van der Waals surface area contributed by atoms with E-state index in [0.29, 0.717) is 0 Å². The van der Waals surface area contributed by atoms with Crippen molar-refractivity contribution in [3.8, 4) is 66.8 Å². The predicted octanol–water partition coefficient (Wildman–Crippen LogP) is 17.5. The molecule has 0 spiro atoms. The molecule has 0 radical (unpaired) electrons. The molecule has 296 valence electrons. The number of hydrogen-bond donors (Lipinski definition) is 0. The first-order chi connectivity index (χ1) is 31.3. The summed E-state index contributed by atoms with van der Waals surface area (Å²) in [6, 6.07) is 94.6. The molecule has 0 aliphatic rings. The predicted molar refractivity (Wildman–Crippen MR) is 269 cm³/mol. The third kappa shape index (κ3) is 7.26.